The van der Waals surface area contributed by atoms with Gasteiger partial charge < -0.3 is 23.7 Å². The van der Waals surface area contributed by atoms with Crippen molar-refractivity contribution in [2.75, 3.05) is 19.8 Å². The highest BCUT2D eigenvalue weighted by Gasteiger charge is 2.16. The number of hydrogen-bond donors (Lipinski definition) is 1. The lowest BCUT2D eigenvalue weighted by Crippen LogP contribution is -2.14. The van der Waals surface area contributed by atoms with E-state index in [9.17, 15) is 14.7 Å². The Bertz CT molecular complexity index is 763. The van der Waals surface area contributed by atoms with Crippen LogP contribution in [0.15, 0.2) is 27.4 Å². The average molecular weight is 336 g/mol. The Labute approximate surface area is 138 Å². The zero-order valence-electron chi connectivity index (χ0n) is 13.7. The molecule has 1 aromatic carbocycles. The highest BCUT2D eigenvalue weighted by Crippen LogP contribution is 2.33. The summed E-state index contributed by atoms with van der Waals surface area (Å²) in [5, 5.41) is 10.5. The van der Waals surface area contributed by atoms with E-state index in [2.05, 4.69) is 0 Å². The summed E-state index contributed by atoms with van der Waals surface area (Å²) in [6.45, 7) is 4.02. The van der Waals surface area contributed by atoms with Crippen molar-refractivity contribution in [3.63, 3.8) is 0 Å². The van der Waals surface area contributed by atoms with E-state index in [4.69, 9.17) is 18.6 Å². The molecule has 0 saturated carbocycles. The second-order valence-corrected chi connectivity index (χ2v) is 5.02. The second kappa shape index (κ2) is 8.24. The van der Waals surface area contributed by atoms with Crippen LogP contribution in [-0.4, -0.2) is 30.9 Å². The number of esters is 1. The van der Waals surface area contributed by atoms with Crippen LogP contribution in [0.3, 0.4) is 0 Å². The van der Waals surface area contributed by atoms with E-state index in [0.29, 0.717) is 17.7 Å². The van der Waals surface area contributed by atoms with Gasteiger partial charge in [-0.25, -0.2) is 9.59 Å². The zero-order valence-corrected chi connectivity index (χ0v) is 13.7. The van der Waals surface area contributed by atoms with Crippen LogP contribution < -0.4 is 15.1 Å². The van der Waals surface area contributed by atoms with Gasteiger partial charge in [-0.05, 0) is 25.5 Å². The van der Waals surface area contributed by atoms with Crippen LogP contribution in [0.4, 0.5) is 0 Å². The molecular formula is C17H20O7. The van der Waals surface area contributed by atoms with Crippen molar-refractivity contribution in [2.24, 2.45) is 0 Å². The third-order valence-corrected chi connectivity index (χ3v) is 3.22. The Morgan fingerprint density at radius 1 is 1.25 bits per heavy atom. The van der Waals surface area contributed by atoms with Crippen molar-refractivity contribution in [1.82, 2.24) is 0 Å². The number of carbonyl (C=O) groups is 1. The van der Waals surface area contributed by atoms with Crippen LogP contribution in [0.2, 0.25) is 0 Å². The SMILES string of the molecule is CCCCOc1c(O)c2ccc(OCC(=O)OCC)cc2oc1=O. The molecular weight excluding hydrogens is 316 g/mol. The molecule has 0 aliphatic rings. The lowest BCUT2D eigenvalue weighted by Gasteiger charge is -2.09. The van der Waals surface area contributed by atoms with E-state index < -0.39 is 11.6 Å². The molecule has 24 heavy (non-hydrogen) atoms. The van der Waals surface area contributed by atoms with Gasteiger partial charge in [0.25, 0.3) is 0 Å². The molecule has 0 saturated heterocycles. The third kappa shape index (κ3) is 4.18. The molecule has 0 radical (unpaired) electrons. The summed E-state index contributed by atoms with van der Waals surface area (Å²) in [5.41, 5.74) is -0.625. The summed E-state index contributed by atoms with van der Waals surface area (Å²) >= 11 is 0. The van der Waals surface area contributed by atoms with Crippen molar-refractivity contribution in [1.29, 1.82) is 0 Å². The maximum atomic E-state index is 11.9. The van der Waals surface area contributed by atoms with E-state index in [1.165, 1.54) is 12.1 Å². The lowest BCUT2D eigenvalue weighted by molar-refractivity contribution is -0.145. The van der Waals surface area contributed by atoms with Gasteiger partial charge in [0.15, 0.2) is 12.4 Å². The third-order valence-electron chi connectivity index (χ3n) is 3.22. The van der Waals surface area contributed by atoms with Crippen LogP contribution >= 0.6 is 0 Å². The summed E-state index contributed by atoms with van der Waals surface area (Å²) in [7, 11) is 0. The van der Waals surface area contributed by atoms with E-state index in [0.717, 1.165) is 12.8 Å². The largest absolute Gasteiger partial charge is 0.504 e. The number of aromatic hydroxyl groups is 1. The van der Waals surface area contributed by atoms with Gasteiger partial charge in [0.2, 0.25) is 5.75 Å². The zero-order chi connectivity index (χ0) is 17.5. The smallest absolute Gasteiger partial charge is 0.383 e. The van der Waals surface area contributed by atoms with Crippen molar-refractivity contribution in [2.45, 2.75) is 26.7 Å². The summed E-state index contributed by atoms with van der Waals surface area (Å²) in [6.07, 6.45) is 1.67. The van der Waals surface area contributed by atoms with Gasteiger partial charge >= 0.3 is 11.6 Å². The molecule has 1 heterocycles. The molecule has 7 nitrogen and oxygen atoms in total. The first-order chi connectivity index (χ1) is 11.6. The van der Waals surface area contributed by atoms with Crippen molar-refractivity contribution >= 4 is 16.9 Å². The fraction of sp³-hybridized carbons (Fsp3) is 0.412. The predicted molar refractivity (Wildman–Crippen MR) is 86.7 cm³/mol. The Kier molecular flexibility index (Phi) is 6.06. The molecule has 0 amide bonds. The first-order valence-corrected chi connectivity index (χ1v) is 7.77. The van der Waals surface area contributed by atoms with Crippen LogP contribution in [0, 0.1) is 0 Å². The molecule has 1 aromatic heterocycles. The molecule has 2 aromatic rings. The summed E-state index contributed by atoms with van der Waals surface area (Å²) in [5.74, 6) is -0.648. The van der Waals surface area contributed by atoms with Gasteiger partial charge in [0.05, 0.1) is 18.6 Å². The van der Waals surface area contributed by atoms with Gasteiger partial charge in [-0.3, -0.25) is 0 Å². The summed E-state index contributed by atoms with van der Waals surface area (Å²) < 4.78 is 20.5. The quantitative estimate of drug-likeness (QED) is 0.450. The fourth-order valence-electron chi connectivity index (χ4n) is 2.03. The second-order valence-electron chi connectivity index (χ2n) is 5.02. The van der Waals surface area contributed by atoms with Gasteiger partial charge in [0.1, 0.15) is 11.3 Å². The van der Waals surface area contributed by atoms with Crippen LogP contribution in [0.5, 0.6) is 17.2 Å². The Hall–Kier alpha value is -2.70. The minimum absolute atomic E-state index is 0.140. The number of benzene rings is 1. The maximum Gasteiger partial charge on any atom is 0.383 e. The molecule has 0 bridgehead atoms. The van der Waals surface area contributed by atoms with Gasteiger partial charge in [-0.15, -0.1) is 0 Å². The molecule has 0 unspecified atom stereocenters. The average Bonchev–Trinajstić information content (AvgIpc) is 2.56. The monoisotopic (exact) mass is 336 g/mol. The molecule has 2 rings (SSSR count). The molecule has 0 spiro atoms. The highest BCUT2D eigenvalue weighted by atomic mass is 16.6. The first kappa shape index (κ1) is 17.7. The van der Waals surface area contributed by atoms with Crippen LogP contribution in [0.25, 0.3) is 11.0 Å². The number of rotatable bonds is 8. The Balaban J connectivity index is 2.22. The van der Waals surface area contributed by atoms with E-state index in [1.807, 2.05) is 6.92 Å². The van der Waals surface area contributed by atoms with Crippen molar-refractivity contribution in [3.05, 3.63) is 28.6 Å². The van der Waals surface area contributed by atoms with E-state index in [-0.39, 0.29) is 30.3 Å². The molecule has 0 aliphatic carbocycles. The van der Waals surface area contributed by atoms with Gasteiger partial charge in [-0.1, -0.05) is 13.3 Å². The molecule has 7 heteroatoms. The predicted octanol–water partition coefficient (Wildman–Crippen LogP) is 2.62. The number of carbonyl (C=O) groups excluding carboxylic acids is 1. The Morgan fingerprint density at radius 2 is 2.04 bits per heavy atom. The molecule has 0 fully saturated rings. The van der Waals surface area contributed by atoms with E-state index in [1.54, 1.807) is 13.0 Å². The first-order valence-electron chi connectivity index (χ1n) is 7.77. The standard InChI is InChI=1S/C17H20O7/c1-3-5-8-22-16-15(19)12-7-6-11(9-13(12)24-17(16)20)23-10-14(18)21-4-2/h6-7,9,19H,3-5,8,10H2,1-2H3. The molecule has 0 atom stereocenters. The van der Waals surface area contributed by atoms with Gasteiger partial charge in [0, 0.05) is 6.07 Å². The van der Waals surface area contributed by atoms with Crippen molar-refractivity contribution < 1.29 is 28.5 Å². The highest BCUT2D eigenvalue weighted by molar-refractivity contribution is 5.86. The number of ether oxygens (including phenoxy) is 3. The lowest BCUT2D eigenvalue weighted by atomic mass is 10.2. The van der Waals surface area contributed by atoms with E-state index >= 15 is 0 Å². The van der Waals surface area contributed by atoms with Crippen molar-refractivity contribution in [3.8, 4) is 17.2 Å². The normalized spacial score (nSPS) is 10.6. The topological polar surface area (TPSA) is 95.2 Å². The summed E-state index contributed by atoms with van der Waals surface area (Å²) in [6, 6.07) is 4.50. The summed E-state index contributed by atoms with van der Waals surface area (Å²) in [4.78, 5) is 23.2. The van der Waals surface area contributed by atoms with Crippen LogP contribution in [-0.2, 0) is 9.53 Å². The number of fused-ring (bicyclic) bond motifs is 1. The fourth-order valence-corrected chi connectivity index (χ4v) is 2.03. The number of hydrogen-bond acceptors (Lipinski definition) is 7. The van der Waals surface area contributed by atoms with Gasteiger partial charge in [-0.2, -0.15) is 0 Å². The number of unbranched alkanes of at least 4 members (excludes halogenated alkanes) is 1. The van der Waals surface area contributed by atoms with Crippen LogP contribution in [0.1, 0.15) is 26.7 Å². The minimum atomic E-state index is -0.765. The minimum Gasteiger partial charge on any atom is -0.504 e. The molecule has 130 valence electrons. The Morgan fingerprint density at radius 3 is 2.75 bits per heavy atom. The molecule has 1 N–H and O–H groups in total. The molecule has 0 aliphatic heterocycles. The maximum absolute atomic E-state index is 11.9.